The Kier molecular flexibility index (Phi) is 4.02. The maximum Gasteiger partial charge on any atom is 0.256 e. The summed E-state index contributed by atoms with van der Waals surface area (Å²) in [6.07, 6.45) is 1.82. The maximum absolute atomic E-state index is 14.7. The zero-order valence-corrected chi connectivity index (χ0v) is 15.8. The summed E-state index contributed by atoms with van der Waals surface area (Å²) in [7, 11) is 1.74. The molecule has 5 heteroatoms. The second-order valence-corrected chi connectivity index (χ2v) is 7.06. The van der Waals surface area contributed by atoms with E-state index in [0.717, 1.165) is 22.0 Å². The van der Waals surface area contributed by atoms with Crippen LogP contribution in [0.1, 0.15) is 22.7 Å². The molecule has 29 heavy (non-hydrogen) atoms. The van der Waals surface area contributed by atoms with E-state index < -0.39 is 6.04 Å². The average molecular weight is 383 g/mol. The molecule has 0 saturated heterocycles. The van der Waals surface area contributed by atoms with Gasteiger partial charge in [-0.25, -0.2) is 4.39 Å². The summed E-state index contributed by atoms with van der Waals surface area (Å²) < 4.78 is 14.7. The number of amides is 1. The highest BCUT2D eigenvalue weighted by atomic mass is 19.1. The summed E-state index contributed by atoms with van der Waals surface area (Å²) in [5, 5.41) is 0.932. The number of nitrogens with one attached hydrogen (secondary N) is 1. The number of aromatic amines is 1. The second kappa shape index (κ2) is 6.71. The van der Waals surface area contributed by atoms with Crippen LogP contribution in [0.15, 0.2) is 84.0 Å². The third-order valence-corrected chi connectivity index (χ3v) is 5.39. The van der Waals surface area contributed by atoms with E-state index >= 15 is 0 Å². The van der Waals surface area contributed by atoms with Crippen LogP contribution in [0, 0.1) is 5.82 Å². The van der Waals surface area contributed by atoms with Crippen molar-refractivity contribution < 1.29 is 9.18 Å². The Balaban J connectivity index is 1.80. The van der Waals surface area contributed by atoms with E-state index in [4.69, 9.17) is 4.99 Å². The summed E-state index contributed by atoms with van der Waals surface area (Å²) >= 11 is 0. The number of carbonyl (C=O) groups is 1. The number of benzodiazepines with no additional fused rings is 1. The minimum atomic E-state index is -0.779. The van der Waals surface area contributed by atoms with E-state index in [-0.39, 0.29) is 11.7 Å². The lowest BCUT2D eigenvalue weighted by Crippen LogP contribution is -2.30. The van der Waals surface area contributed by atoms with Gasteiger partial charge in [-0.3, -0.25) is 9.79 Å². The standard InChI is InChI=1S/C24H18FN3O/c1-28-21-13-7-4-10-17(21)22(16-9-2-5-11-19(16)25)27-23(24(28)29)18-14-26-20-12-6-3-8-15(18)20/h2-14,23,26H,1H3/t23-/m0/s1. The molecule has 142 valence electrons. The van der Waals surface area contributed by atoms with Crippen molar-refractivity contribution in [3.8, 4) is 0 Å². The second-order valence-electron chi connectivity index (χ2n) is 7.06. The highest BCUT2D eigenvalue weighted by Crippen LogP contribution is 2.35. The molecule has 1 N–H and O–H groups in total. The summed E-state index contributed by atoms with van der Waals surface area (Å²) in [6, 6.07) is 21.0. The Labute approximate surface area is 167 Å². The molecule has 0 fully saturated rings. The first kappa shape index (κ1) is 17.4. The molecule has 0 unspecified atom stereocenters. The van der Waals surface area contributed by atoms with Gasteiger partial charge in [0.15, 0.2) is 6.04 Å². The molecule has 0 aliphatic carbocycles. The average Bonchev–Trinajstić information content (AvgIpc) is 3.14. The summed E-state index contributed by atoms with van der Waals surface area (Å²) in [5.74, 6) is -0.524. The van der Waals surface area contributed by atoms with E-state index in [1.54, 1.807) is 30.1 Å². The fourth-order valence-corrected chi connectivity index (χ4v) is 3.91. The van der Waals surface area contributed by atoms with Crippen LogP contribution < -0.4 is 4.90 Å². The molecule has 2 heterocycles. The third-order valence-electron chi connectivity index (χ3n) is 5.39. The SMILES string of the molecule is CN1C(=O)[C@H](c2c[nH]c3ccccc23)N=C(c2ccccc2F)c2ccccc21. The molecule has 1 amide bonds. The number of anilines is 1. The van der Waals surface area contributed by atoms with Crippen LogP contribution in [0.25, 0.3) is 10.9 Å². The number of aliphatic imine (C=N–C) groups is 1. The minimum absolute atomic E-state index is 0.159. The van der Waals surface area contributed by atoms with Crippen LogP contribution >= 0.6 is 0 Å². The van der Waals surface area contributed by atoms with Crippen LogP contribution in [-0.4, -0.2) is 23.7 Å². The van der Waals surface area contributed by atoms with Gasteiger partial charge in [-0.05, 0) is 24.3 Å². The number of fused-ring (bicyclic) bond motifs is 2. The first-order chi connectivity index (χ1) is 14.1. The normalized spacial score (nSPS) is 16.5. The van der Waals surface area contributed by atoms with Crippen LogP contribution in [0.4, 0.5) is 10.1 Å². The Morgan fingerprint density at radius 2 is 1.62 bits per heavy atom. The van der Waals surface area contributed by atoms with Gasteiger partial charge in [-0.15, -0.1) is 0 Å². The van der Waals surface area contributed by atoms with Gasteiger partial charge in [-0.2, -0.15) is 0 Å². The van der Waals surface area contributed by atoms with Crippen LogP contribution in [0.3, 0.4) is 0 Å². The van der Waals surface area contributed by atoms with Gasteiger partial charge < -0.3 is 9.88 Å². The van der Waals surface area contributed by atoms with Gasteiger partial charge in [0.25, 0.3) is 5.91 Å². The van der Waals surface area contributed by atoms with E-state index in [1.165, 1.54) is 6.07 Å². The molecule has 3 aromatic carbocycles. The zero-order valence-electron chi connectivity index (χ0n) is 15.8. The Hall–Kier alpha value is -3.73. The molecule has 4 nitrogen and oxygen atoms in total. The third kappa shape index (κ3) is 2.74. The van der Waals surface area contributed by atoms with Crippen molar-refractivity contribution in [2.75, 3.05) is 11.9 Å². The summed E-state index contributed by atoms with van der Waals surface area (Å²) in [6.45, 7) is 0. The van der Waals surface area contributed by atoms with E-state index in [9.17, 15) is 9.18 Å². The first-order valence-corrected chi connectivity index (χ1v) is 9.41. The molecule has 0 spiro atoms. The van der Waals surface area contributed by atoms with Crippen LogP contribution in [-0.2, 0) is 4.79 Å². The van der Waals surface area contributed by atoms with E-state index in [2.05, 4.69) is 4.98 Å². The zero-order chi connectivity index (χ0) is 20.0. The fraction of sp³-hybridized carbons (Fsp3) is 0.0833. The number of carbonyl (C=O) groups excluding carboxylic acids is 1. The van der Waals surface area contributed by atoms with Crippen LogP contribution in [0.2, 0.25) is 0 Å². The number of benzene rings is 3. The van der Waals surface area contributed by atoms with Gasteiger partial charge in [0, 0.05) is 40.8 Å². The Morgan fingerprint density at radius 3 is 2.45 bits per heavy atom. The van der Waals surface area contributed by atoms with Gasteiger partial charge in [0.05, 0.1) is 11.4 Å². The Morgan fingerprint density at radius 1 is 0.931 bits per heavy atom. The lowest BCUT2D eigenvalue weighted by atomic mass is 9.99. The molecule has 0 saturated carbocycles. The predicted octanol–water partition coefficient (Wildman–Crippen LogP) is 4.86. The van der Waals surface area contributed by atoms with Crippen LogP contribution in [0.5, 0.6) is 0 Å². The topological polar surface area (TPSA) is 48.5 Å². The number of H-pyrrole nitrogens is 1. The molecule has 0 bridgehead atoms. The van der Waals surface area contributed by atoms with Crippen molar-refractivity contribution in [3.63, 3.8) is 0 Å². The van der Waals surface area contributed by atoms with Crippen molar-refractivity contribution in [1.29, 1.82) is 0 Å². The lowest BCUT2D eigenvalue weighted by molar-refractivity contribution is -0.119. The predicted molar refractivity (Wildman–Crippen MR) is 113 cm³/mol. The quantitative estimate of drug-likeness (QED) is 0.528. The number of hydrogen-bond donors (Lipinski definition) is 1. The van der Waals surface area contributed by atoms with Crippen molar-refractivity contribution in [1.82, 2.24) is 4.98 Å². The molecule has 1 aliphatic heterocycles. The Bertz CT molecular complexity index is 1270. The molecule has 1 aliphatic rings. The number of aromatic nitrogens is 1. The maximum atomic E-state index is 14.7. The number of para-hydroxylation sites is 2. The van der Waals surface area contributed by atoms with Gasteiger partial charge in [0.2, 0.25) is 0 Å². The highest BCUT2D eigenvalue weighted by molar-refractivity contribution is 6.20. The highest BCUT2D eigenvalue weighted by Gasteiger charge is 2.32. The van der Waals surface area contributed by atoms with Crippen molar-refractivity contribution in [2.24, 2.45) is 4.99 Å². The van der Waals surface area contributed by atoms with Gasteiger partial charge >= 0.3 is 0 Å². The number of halogens is 1. The molecule has 5 rings (SSSR count). The van der Waals surface area contributed by atoms with E-state index in [1.807, 2.05) is 54.7 Å². The molecular weight excluding hydrogens is 365 g/mol. The molecule has 1 aromatic heterocycles. The number of likely N-dealkylation sites (N-methyl/N-ethyl adjacent to an activating group) is 1. The summed E-state index contributed by atoms with van der Waals surface area (Å²) in [4.78, 5) is 23.1. The lowest BCUT2D eigenvalue weighted by Gasteiger charge is -2.20. The first-order valence-electron chi connectivity index (χ1n) is 9.41. The largest absolute Gasteiger partial charge is 0.361 e. The van der Waals surface area contributed by atoms with Crippen molar-refractivity contribution in [2.45, 2.75) is 6.04 Å². The molecule has 1 atom stereocenters. The van der Waals surface area contributed by atoms with E-state index in [0.29, 0.717) is 17.0 Å². The smallest absolute Gasteiger partial charge is 0.256 e. The number of hydrogen-bond acceptors (Lipinski definition) is 2. The number of nitrogens with zero attached hydrogens (tertiary/aromatic N) is 2. The molecule has 4 aromatic rings. The van der Waals surface area contributed by atoms with Crippen molar-refractivity contribution in [3.05, 3.63) is 102 Å². The fourth-order valence-electron chi connectivity index (χ4n) is 3.91. The van der Waals surface area contributed by atoms with Gasteiger partial charge in [-0.1, -0.05) is 48.5 Å². The molecule has 0 radical (unpaired) electrons. The monoisotopic (exact) mass is 383 g/mol. The van der Waals surface area contributed by atoms with Crippen molar-refractivity contribution >= 4 is 28.2 Å². The van der Waals surface area contributed by atoms with Gasteiger partial charge in [0.1, 0.15) is 5.82 Å². The summed E-state index contributed by atoms with van der Waals surface area (Å²) in [5.41, 5.74) is 4.01. The minimum Gasteiger partial charge on any atom is -0.361 e. The molecular formula is C24H18FN3O. The number of rotatable bonds is 2.